The lowest BCUT2D eigenvalue weighted by Gasteiger charge is -2.42. The number of hydrogen-bond acceptors (Lipinski definition) is 12. The normalized spacial score (nSPS) is 19.9. The maximum atomic E-state index is 15.5. The summed E-state index contributed by atoms with van der Waals surface area (Å²) in [5.74, 6) is -9.35. The van der Waals surface area contributed by atoms with E-state index >= 15 is 8.78 Å². The van der Waals surface area contributed by atoms with Crippen LogP contribution in [0.25, 0.3) is 0 Å². The average Bonchev–Trinajstić information content (AvgIpc) is 3.70. The highest BCUT2D eigenvalue weighted by atomic mass is 19.3. The van der Waals surface area contributed by atoms with Gasteiger partial charge in [0.15, 0.2) is 0 Å². The number of esters is 1. The lowest BCUT2D eigenvalue weighted by Crippen LogP contribution is -2.62. The number of nitrogens with zero attached hydrogens (tertiary/aromatic N) is 1. The number of aliphatic hydroxyl groups is 3. The first-order chi connectivity index (χ1) is 32.1. The fourth-order valence-electron chi connectivity index (χ4n) is 7.63. The van der Waals surface area contributed by atoms with E-state index in [-0.39, 0.29) is 25.5 Å². The monoisotopic (exact) mass is 930 g/mol. The Bertz CT molecular complexity index is 2200. The molecule has 6 N–H and O–H groups in total. The number of benzene rings is 4. The summed E-state index contributed by atoms with van der Waals surface area (Å²) in [7, 11) is 0. The van der Waals surface area contributed by atoms with Crippen molar-refractivity contribution in [2.75, 3.05) is 13.1 Å². The van der Waals surface area contributed by atoms with Gasteiger partial charge in [0.25, 0.3) is 5.91 Å². The van der Waals surface area contributed by atoms with Gasteiger partial charge in [0.05, 0.1) is 18.2 Å². The quantitative estimate of drug-likeness (QED) is 0.0562. The van der Waals surface area contributed by atoms with Gasteiger partial charge in [0.2, 0.25) is 11.7 Å². The number of rotatable bonds is 19. The van der Waals surface area contributed by atoms with Gasteiger partial charge in [-0.25, -0.2) is 4.79 Å². The van der Waals surface area contributed by atoms with Crippen LogP contribution in [0, 0.1) is 5.92 Å². The van der Waals surface area contributed by atoms with E-state index in [2.05, 4.69) is 16.0 Å². The molecular weight excluding hydrogens is 871 g/mol. The summed E-state index contributed by atoms with van der Waals surface area (Å²) in [6.07, 6.45) is -3.23. The van der Waals surface area contributed by atoms with Crippen LogP contribution in [0.5, 0.6) is 5.75 Å². The van der Waals surface area contributed by atoms with Crippen molar-refractivity contribution < 1.29 is 62.3 Å². The fraction of sp³-hybridized carbons (Fsp3) is 0.420. The predicted molar refractivity (Wildman–Crippen MR) is 242 cm³/mol. The molecule has 0 radical (unpaired) electrons. The third-order valence-corrected chi connectivity index (χ3v) is 11.3. The number of fused-ring (bicyclic) bond motifs is 1. The summed E-state index contributed by atoms with van der Waals surface area (Å²) in [5, 5.41) is 36.6. The average molecular weight is 931 g/mol. The molecule has 2 aliphatic rings. The molecule has 1 unspecified atom stereocenters. The molecule has 4 aromatic rings. The summed E-state index contributed by atoms with van der Waals surface area (Å²) >= 11 is 0. The van der Waals surface area contributed by atoms with Gasteiger partial charge in [0.1, 0.15) is 43.3 Å². The topological polar surface area (TPSA) is 213 Å². The van der Waals surface area contributed by atoms with E-state index in [4.69, 9.17) is 14.2 Å². The number of halogens is 2. The standard InChI is InChI=1S/C38H39F2N3O6.C12H21NO5/c1-26(2)33(43-37(47)49-25-30-16-10-5-11-17-30)35(45)42-32(34(44)38(39,40)36(46)41-23-28-12-6-3-7-13-28)22-27-18-20-31(21-19-27)48-24-29-14-8-4-9-15-29;1-2-3-9(15)18-8-6-13-5-4-7(14)10(13)12(17)11(8)16/h3-21,26,32-33H,22-25H2,1-2H3,(H,41,46)(H,42,45)(H,43,47);7-8,10-12,14,16-17H,2-6H2,1H3/t32-,33?;7-,8-,10+,11+,12+/m00/s1. The van der Waals surface area contributed by atoms with Crippen molar-refractivity contribution >= 4 is 29.7 Å². The Kier molecular flexibility index (Phi) is 19.3. The lowest BCUT2D eigenvalue weighted by molar-refractivity contribution is -0.179. The van der Waals surface area contributed by atoms with Gasteiger partial charge >= 0.3 is 18.0 Å². The molecular formula is C50H60F2N4O11. The molecule has 0 bridgehead atoms. The number of ketones is 1. The number of amides is 3. The Labute approximate surface area is 388 Å². The molecule has 15 nitrogen and oxygen atoms in total. The molecule has 67 heavy (non-hydrogen) atoms. The minimum absolute atomic E-state index is 0.0599. The number of aliphatic hydroxyl groups excluding tert-OH is 3. The van der Waals surface area contributed by atoms with E-state index in [1.165, 1.54) is 0 Å². The molecule has 2 saturated heterocycles. The molecule has 2 fully saturated rings. The third kappa shape index (κ3) is 15.1. The molecule has 0 aliphatic carbocycles. The van der Waals surface area contributed by atoms with Crippen LogP contribution in [0.15, 0.2) is 115 Å². The van der Waals surface area contributed by atoms with E-state index in [0.717, 1.165) is 11.1 Å². The van der Waals surface area contributed by atoms with Gasteiger partial charge in [-0.15, -0.1) is 0 Å². The van der Waals surface area contributed by atoms with Gasteiger partial charge in [0, 0.05) is 32.5 Å². The van der Waals surface area contributed by atoms with Crippen LogP contribution in [-0.2, 0) is 54.8 Å². The maximum absolute atomic E-state index is 15.5. The van der Waals surface area contributed by atoms with Crippen molar-refractivity contribution in [3.8, 4) is 5.75 Å². The maximum Gasteiger partial charge on any atom is 0.408 e. The lowest BCUT2D eigenvalue weighted by atomic mass is 9.93. The molecule has 0 spiro atoms. The Balaban J connectivity index is 0.000000388. The predicted octanol–water partition coefficient (Wildman–Crippen LogP) is 4.63. The van der Waals surface area contributed by atoms with Crippen LogP contribution in [0.1, 0.15) is 62.3 Å². The van der Waals surface area contributed by atoms with E-state index in [1.807, 2.05) is 48.2 Å². The van der Waals surface area contributed by atoms with Gasteiger partial charge in [-0.05, 0) is 53.1 Å². The van der Waals surface area contributed by atoms with Gasteiger partial charge in [-0.2, -0.15) is 8.78 Å². The molecule has 360 valence electrons. The zero-order valence-corrected chi connectivity index (χ0v) is 37.8. The van der Waals surface area contributed by atoms with Crippen molar-refractivity contribution in [1.82, 2.24) is 20.9 Å². The number of alkyl carbamates (subject to hydrolysis) is 1. The second kappa shape index (κ2) is 25.0. The summed E-state index contributed by atoms with van der Waals surface area (Å²) < 4.78 is 47.1. The van der Waals surface area contributed by atoms with Crippen molar-refractivity contribution in [1.29, 1.82) is 0 Å². The number of ether oxygens (including phenoxy) is 3. The molecule has 3 amide bonds. The largest absolute Gasteiger partial charge is 0.489 e. The summed E-state index contributed by atoms with van der Waals surface area (Å²) in [5.41, 5.74) is 2.65. The Morgan fingerprint density at radius 3 is 1.93 bits per heavy atom. The van der Waals surface area contributed by atoms with Crippen LogP contribution in [0.2, 0.25) is 0 Å². The number of carbonyl (C=O) groups is 5. The number of Topliss-reactive ketones (excluding diaryl/α,β-unsaturated/α-hetero) is 1. The van der Waals surface area contributed by atoms with Gasteiger partial charge < -0.3 is 45.5 Å². The van der Waals surface area contributed by atoms with E-state index in [0.29, 0.717) is 55.8 Å². The number of piperidine rings is 1. The van der Waals surface area contributed by atoms with Gasteiger partial charge in [-0.3, -0.25) is 24.1 Å². The second-order valence-electron chi connectivity index (χ2n) is 16.8. The molecule has 4 aromatic carbocycles. The van der Waals surface area contributed by atoms with Crippen LogP contribution >= 0.6 is 0 Å². The summed E-state index contributed by atoms with van der Waals surface area (Å²) in [4.78, 5) is 65.4. The zero-order chi connectivity index (χ0) is 48.5. The van der Waals surface area contributed by atoms with Crippen LogP contribution < -0.4 is 20.7 Å². The van der Waals surface area contributed by atoms with Crippen molar-refractivity contribution in [3.63, 3.8) is 0 Å². The van der Waals surface area contributed by atoms with E-state index in [9.17, 15) is 39.3 Å². The molecule has 2 heterocycles. The highest BCUT2D eigenvalue weighted by Gasteiger charge is 2.51. The molecule has 0 aromatic heterocycles. The molecule has 7 atom stereocenters. The number of carbonyl (C=O) groups excluding carboxylic acids is 5. The van der Waals surface area contributed by atoms with Crippen molar-refractivity contribution in [3.05, 3.63) is 138 Å². The van der Waals surface area contributed by atoms with Crippen molar-refractivity contribution in [2.24, 2.45) is 5.92 Å². The molecule has 0 saturated carbocycles. The Hall–Kier alpha value is -6.27. The number of hydrogen-bond donors (Lipinski definition) is 6. The number of nitrogens with one attached hydrogen (secondary N) is 3. The molecule has 6 rings (SSSR count). The highest BCUT2D eigenvalue weighted by Crippen LogP contribution is 2.30. The zero-order valence-electron chi connectivity index (χ0n) is 37.8. The first-order valence-electron chi connectivity index (χ1n) is 22.3. The smallest absolute Gasteiger partial charge is 0.408 e. The third-order valence-electron chi connectivity index (χ3n) is 11.3. The summed E-state index contributed by atoms with van der Waals surface area (Å²) in [6, 6.07) is 29.6. The number of alkyl halides is 2. The van der Waals surface area contributed by atoms with Crippen LogP contribution in [0.3, 0.4) is 0 Å². The molecule has 2 aliphatic heterocycles. The van der Waals surface area contributed by atoms with Gasteiger partial charge in [-0.1, -0.05) is 124 Å². The first-order valence-corrected chi connectivity index (χ1v) is 22.3. The van der Waals surface area contributed by atoms with Crippen LogP contribution in [-0.4, -0.2) is 111 Å². The SMILES string of the molecule is CC(C)C(NC(=O)OCc1ccccc1)C(=O)N[C@@H](Cc1ccc(OCc2ccccc2)cc1)C(=O)C(F)(F)C(=O)NCc1ccccc1.CCCC(=O)O[C@H]1CN2CC[C@H](O)[C@@H]2[C@@H](O)[C@@H]1O. The minimum atomic E-state index is -4.49. The second-order valence-corrected chi connectivity index (χ2v) is 16.8. The minimum Gasteiger partial charge on any atom is -0.489 e. The van der Waals surface area contributed by atoms with Crippen molar-refractivity contribution in [2.45, 2.75) is 115 Å². The highest BCUT2D eigenvalue weighted by molar-refractivity contribution is 6.10. The van der Waals surface area contributed by atoms with E-state index < -0.39 is 78.1 Å². The van der Waals surface area contributed by atoms with Crippen LogP contribution in [0.4, 0.5) is 13.6 Å². The Morgan fingerprint density at radius 2 is 1.34 bits per heavy atom. The molecule has 17 heteroatoms. The van der Waals surface area contributed by atoms with E-state index in [1.54, 1.807) is 92.7 Å². The first kappa shape index (κ1) is 51.7. The fourth-order valence-corrected chi connectivity index (χ4v) is 7.63. The summed E-state index contributed by atoms with van der Waals surface area (Å²) in [6.45, 7) is 6.19. The Morgan fingerprint density at radius 1 is 0.761 bits per heavy atom.